The van der Waals surface area contributed by atoms with E-state index in [0.717, 1.165) is 5.56 Å². The maximum absolute atomic E-state index is 13.8. The number of benzene rings is 2. The summed E-state index contributed by atoms with van der Waals surface area (Å²) in [7, 11) is 0. The average Bonchev–Trinajstić information content (AvgIpc) is 3.24. The number of nitrogens with zero attached hydrogens (tertiary/aromatic N) is 2. The molecule has 2 saturated heterocycles. The Kier molecular flexibility index (Phi) is 8.64. The van der Waals surface area contributed by atoms with Crippen molar-refractivity contribution in [1.82, 2.24) is 15.1 Å². The van der Waals surface area contributed by atoms with E-state index in [4.69, 9.17) is 4.74 Å². The molecule has 0 unspecified atom stereocenters. The van der Waals surface area contributed by atoms with E-state index in [1.807, 2.05) is 44.2 Å². The van der Waals surface area contributed by atoms with E-state index in [1.165, 1.54) is 22.7 Å². The second-order valence-corrected chi connectivity index (χ2v) is 11.8. The topological polar surface area (TPSA) is 119 Å². The molecule has 9 nitrogen and oxygen atoms in total. The van der Waals surface area contributed by atoms with E-state index in [9.17, 15) is 24.6 Å². The molecule has 2 fully saturated rings. The lowest BCUT2D eigenvalue weighted by Gasteiger charge is -2.37. The minimum Gasteiger partial charge on any atom is -0.508 e. The van der Waals surface area contributed by atoms with Crippen LogP contribution in [0.3, 0.4) is 0 Å². The van der Waals surface area contributed by atoms with Crippen molar-refractivity contribution in [1.29, 1.82) is 0 Å². The Morgan fingerprint density at radius 3 is 2.47 bits per heavy atom. The molecule has 10 heteroatoms. The van der Waals surface area contributed by atoms with Crippen LogP contribution in [0.5, 0.6) is 5.75 Å². The monoisotopic (exact) mass is 541 g/mol. The van der Waals surface area contributed by atoms with Gasteiger partial charge < -0.3 is 30.1 Å². The maximum atomic E-state index is 13.8. The summed E-state index contributed by atoms with van der Waals surface area (Å²) >= 11 is 1.48. The van der Waals surface area contributed by atoms with Crippen LogP contribution in [0.4, 0.5) is 0 Å². The van der Waals surface area contributed by atoms with Crippen LogP contribution in [0.1, 0.15) is 35.3 Å². The first-order valence-corrected chi connectivity index (χ1v) is 13.7. The Labute approximate surface area is 227 Å². The summed E-state index contributed by atoms with van der Waals surface area (Å²) in [5.74, 6) is -1.05. The quantitative estimate of drug-likeness (QED) is 0.490. The van der Waals surface area contributed by atoms with Crippen LogP contribution < -0.4 is 5.32 Å². The Hall–Kier alpha value is -3.08. The van der Waals surface area contributed by atoms with Gasteiger partial charge in [-0.25, -0.2) is 0 Å². The number of hydrogen-bond donors (Lipinski definition) is 3. The predicted octanol–water partition coefficient (Wildman–Crippen LogP) is 1.94. The fourth-order valence-electron chi connectivity index (χ4n) is 4.91. The van der Waals surface area contributed by atoms with E-state index in [0.29, 0.717) is 31.9 Å². The SMILES string of the molecule is Cc1c(O)cccc1C(=O)N[C@@H](Cc1ccccc1)[C@H](O)C(=O)N1CSC(C)(C)[C@H]1C(=O)N1CCOCC1. The molecule has 3 atom stereocenters. The standard InChI is InChI=1S/C28H35N3O6S/c1-18-20(10-7-11-22(18)32)25(34)29-21(16-19-8-5-4-6-9-19)23(33)26(35)31-17-38-28(2,3)24(31)27(36)30-12-14-37-15-13-30/h4-11,21,23-24,32-33H,12-17H2,1-3H3,(H,29,34)/t21-,23-,24+/m0/s1. The molecular weight excluding hydrogens is 506 g/mol. The molecule has 204 valence electrons. The number of carbonyl (C=O) groups excluding carboxylic acids is 3. The van der Waals surface area contributed by atoms with Crippen molar-refractivity contribution in [3.05, 3.63) is 65.2 Å². The van der Waals surface area contributed by atoms with Crippen molar-refractivity contribution in [2.75, 3.05) is 32.2 Å². The first kappa shape index (κ1) is 27.9. The summed E-state index contributed by atoms with van der Waals surface area (Å²) in [5.41, 5.74) is 1.48. The summed E-state index contributed by atoms with van der Waals surface area (Å²) in [5, 5.41) is 24.3. The van der Waals surface area contributed by atoms with E-state index in [1.54, 1.807) is 24.0 Å². The zero-order chi connectivity index (χ0) is 27.4. The number of aliphatic hydroxyl groups is 1. The highest BCUT2D eigenvalue weighted by Gasteiger charge is 2.51. The van der Waals surface area contributed by atoms with Crippen LogP contribution in [-0.4, -0.2) is 92.8 Å². The molecule has 3 N–H and O–H groups in total. The number of nitrogens with one attached hydrogen (secondary N) is 1. The number of aliphatic hydroxyl groups excluding tert-OH is 1. The van der Waals surface area contributed by atoms with Crippen molar-refractivity contribution in [2.45, 2.75) is 50.1 Å². The second-order valence-electron chi connectivity index (χ2n) is 10.2. The van der Waals surface area contributed by atoms with Gasteiger partial charge in [0.2, 0.25) is 5.91 Å². The van der Waals surface area contributed by atoms with Crippen LogP contribution in [0.15, 0.2) is 48.5 Å². The number of rotatable bonds is 7. The lowest BCUT2D eigenvalue weighted by atomic mass is 9.96. The number of carbonyl (C=O) groups is 3. The number of phenolic OH excluding ortho intramolecular Hbond substituents is 1. The van der Waals surface area contributed by atoms with Gasteiger partial charge in [0.1, 0.15) is 11.8 Å². The predicted molar refractivity (Wildman–Crippen MR) is 145 cm³/mol. The van der Waals surface area contributed by atoms with Gasteiger partial charge in [-0.1, -0.05) is 36.4 Å². The third kappa shape index (κ3) is 5.98. The molecular formula is C28H35N3O6S. The third-order valence-electron chi connectivity index (χ3n) is 7.18. The Morgan fingerprint density at radius 1 is 1.11 bits per heavy atom. The summed E-state index contributed by atoms with van der Waals surface area (Å²) in [6.45, 7) is 7.28. The molecule has 0 bridgehead atoms. The van der Waals surface area contributed by atoms with Crippen LogP contribution in [0.25, 0.3) is 0 Å². The Balaban J connectivity index is 1.59. The van der Waals surface area contributed by atoms with Gasteiger partial charge in [-0.3, -0.25) is 14.4 Å². The summed E-state index contributed by atoms with van der Waals surface area (Å²) in [6, 6.07) is 12.2. The molecule has 2 aromatic rings. The number of thioether (sulfide) groups is 1. The van der Waals surface area contributed by atoms with Gasteiger partial charge in [-0.15, -0.1) is 11.8 Å². The van der Waals surface area contributed by atoms with E-state index < -0.39 is 34.7 Å². The second kappa shape index (κ2) is 11.8. The first-order valence-electron chi connectivity index (χ1n) is 12.7. The van der Waals surface area contributed by atoms with E-state index in [-0.39, 0.29) is 29.5 Å². The number of hydrogen-bond acceptors (Lipinski definition) is 7. The summed E-state index contributed by atoms with van der Waals surface area (Å²) in [6.07, 6.45) is -1.39. The van der Waals surface area contributed by atoms with Gasteiger partial charge >= 0.3 is 0 Å². The van der Waals surface area contributed by atoms with E-state index >= 15 is 0 Å². The summed E-state index contributed by atoms with van der Waals surface area (Å²) < 4.78 is 4.82. The molecule has 0 saturated carbocycles. The fraction of sp³-hybridized carbons (Fsp3) is 0.464. The first-order chi connectivity index (χ1) is 18.1. The lowest BCUT2D eigenvalue weighted by Crippen LogP contribution is -2.60. The molecule has 0 aromatic heterocycles. The maximum Gasteiger partial charge on any atom is 0.254 e. The number of ether oxygens (including phenoxy) is 1. The van der Waals surface area contributed by atoms with Gasteiger partial charge in [0.05, 0.1) is 25.1 Å². The summed E-state index contributed by atoms with van der Waals surface area (Å²) in [4.78, 5) is 43.7. The van der Waals surface area contributed by atoms with Gasteiger partial charge in [-0.2, -0.15) is 0 Å². The smallest absolute Gasteiger partial charge is 0.254 e. The molecule has 2 aliphatic heterocycles. The number of phenols is 1. The van der Waals surface area contributed by atoms with Crippen molar-refractivity contribution in [3.63, 3.8) is 0 Å². The highest BCUT2D eigenvalue weighted by atomic mass is 32.2. The Bertz CT molecular complexity index is 1170. The highest BCUT2D eigenvalue weighted by Crippen LogP contribution is 2.40. The number of amides is 3. The third-order valence-corrected chi connectivity index (χ3v) is 8.56. The van der Waals surface area contributed by atoms with Gasteiger partial charge in [0, 0.05) is 29.0 Å². The molecule has 0 aliphatic carbocycles. The van der Waals surface area contributed by atoms with Crippen LogP contribution in [0, 0.1) is 6.92 Å². The van der Waals surface area contributed by atoms with Crippen molar-refractivity contribution >= 4 is 29.5 Å². The molecule has 2 heterocycles. The largest absolute Gasteiger partial charge is 0.508 e. The number of aromatic hydroxyl groups is 1. The average molecular weight is 542 g/mol. The highest BCUT2D eigenvalue weighted by molar-refractivity contribution is 8.00. The molecule has 0 spiro atoms. The van der Waals surface area contributed by atoms with Gasteiger partial charge in [0.25, 0.3) is 11.8 Å². The molecule has 38 heavy (non-hydrogen) atoms. The number of morpholine rings is 1. The van der Waals surface area contributed by atoms with Gasteiger partial charge in [0.15, 0.2) is 6.10 Å². The minimum absolute atomic E-state index is 0.0188. The molecule has 4 rings (SSSR count). The normalized spacial score (nSPS) is 20.6. The van der Waals surface area contributed by atoms with E-state index in [2.05, 4.69) is 5.32 Å². The lowest BCUT2D eigenvalue weighted by molar-refractivity contribution is -0.152. The van der Waals surface area contributed by atoms with Crippen molar-refractivity contribution in [3.8, 4) is 5.75 Å². The van der Waals surface area contributed by atoms with Crippen LogP contribution in [-0.2, 0) is 20.7 Å². The van der Waals surface area contributed by atoms with Crippen molar-refractivity contribution in [2.24, 2.45) is 0 Å². The molecule has 2 aromatic carbocycles. The fourth-order valence-corrected chi connectivity index (χ4v) is 6.04. The molecule has 0 radical (unpaired) electrons. The van der Waals surface area contributed by atoms with Gasteiger partial charge in [-0.05, 0) is 44.9 Å². The van der Waals surface area contributed by atoms with Crippen LogP contribution in [0.2, 0.25) is 0 Å². The molecule has 3 amide bonds. The molecule has 2 aliphatic rings. The van der Waals surface area contributed by atoms with Crippen LogP contribution >= 0.6 is 11.8 Å². The Morgan fingerprint density at radius 2 is 1.79 bits per heavy atom. The van der Waals surface area contributed by atoms with Crippen molar-refractivity contribution < 1.29 is 29.3 Å². The minimum atomic E-state index is -1.59. The zero-order valence-corrected chi connectivity index (χ0v) is 22.7. The zero-order valence-electron chi connectivity index (χ0n) is 21.9.